The number of nitriles is 1. The Morgan fingerprint density at radius 2 is 2.13 bits per heavy atom. The van der Waals surface area contributed by atoms with Crippen molar-refractivity contribution in [3.63, 3.8) is 0 Å². The number of benzene rings is 1. The number of nitrogens with zero attached hydrogens (tertiary/aromatic N) is 1. The van der Waals surface area contributed by atoms with Crippen LogP contribution in [0.15, 0.2) is 22.7 Å². The summed E-state index contributed by atoms with van der Waals surface area (Å²) in [6.07, 6.45) is 0. The zero-order valence-corrected chi connectivity index (χ0v) is 10.4. The summed E-state index contributed by atoms with van der Waals surface area (Å²) in [6, 6.07) is 7.61. The van der Waals surface area contributed by atoms with Crippen molar-refractivity contribution < 1.29 is 0 Å². The molecule has 0 amide bonds. The summed E-state index contributed by atoms with van der Waals surface area (Å²) in [5, 5.41) is 12.0. The molecule has 0 atom stereocenters. The summed E-state index contributed by atoms with van der Waals surface area (Å²) in [5.41, 5.74) is 7.11. The lowest BCUT2D eigenvalue weighted by atomic mass is 10.1. The fraction of sp³-hybridized carbons (Fsp3) is 0.364. The summed E-state index contributed by atoms with van der Waals surface area (Å²) in [4.78, 5) is 0. The minimum Gasteiger partial charge on any atom is -0.383 e. The Morgan fingerprint density at radius 1 is 1.47 bits per heavy atom. The lowest BCUT2D eigenvalue weighted by molar-refractivity contribution is 0.549. The second kappa shape index (κ2) is 4.65. The first-order valence-corrected chi connectivity index (χ1v) is 5.43. The minimum absolute atomic E-state index is 0.269. The van der Waals surface area contributed by atoms with Crippen molar-refractivity contribution in [3.05, 3.63) is 28.2 Å². The largest absolute Gasteiger partial charge is 0.383 e. The summed E-state index contributed by atoms with van der Waals surface area (Å²) >= 11 is 3.35. The van der Waals surface area contributed by atoms with Gasteiger partial charge in [0.1, 0.15) is 0 Å². The molecule has 0 aliphatic rings. The SMILES string of the molecule is CC(C)(N)CNc1cc(Br)cc(C#N)c1. The zero-order valence-electron chi connectivity index (χ0n) is 8.84. The molecule has 1 rings (SSSR count). The molecule has 0 radical (unpaired) electrons. The first-order valence-electron chi connectivity index (χ1n) is 4.64. The highest BCUT2D eigenvalue weighted by molar-refractivity contribution is 9.10. The van der Waals surface area contributed by atoms with Gasteiger partial charge in [0.2, 0.25) is 0 Å². The van der Waals surface area contributed by atoms with E-state index in [1.54, 1.807) is 12.1 Å². The number of halogens is 1. The molecule has 0 saturated heterocycles. The third-order valence-corrected chi connectivity index (χ3v) is 2.23. The highest BCUT2D eigenvalue weighted by Gasteiger charge is 2.10. The van der Waals surface area contributed by atoms with E-state index in [2.05, 4.69) is 27.3 Å². The molecule has 1 aromatic rings. The van der Waals surface area contributed by atoms with E-state index in [-0.39, 0.29) is 5.54 Å². The number of hydrogen-bond donors (Lipinski definition) is 2. The molecular weight excluding hydrogens is 254 g/mol. The van der Waals surface area contributed by atoms with Crippen molar-refractivity contribution in [2.45, 2.75) is 19.4 Å². The molecule has 80 valence electrons. The van der Waals surface area contributed by atoms with Gasteiger partial charge >= 0.3 is 0 Å². The number of hydrogen-bond acceptors (Lipinski definition) is 3. The smallest absolute Gasteiger partial charge is 0.0992 e. The molecule has 15 heavy (non-hydrogen) atoms. The van der Waals surface area contributed by atoms with Crippen LogP contribution in [0, 0.1) is 11.3 Å². The van der Waals surface area contributed by atoms with Crippen LogP contribution in [-0.2, 0) is 0 Å². The first kappa shape index (κ1) is 12.0. The van der Waals surface area contributed by atoms with E-state index >= 15 is 0 Å². The second-order valence-electron chi connectivity index (χ2n) is 4.18. The zero-order chi connectivity index (χ0) is 11.5. The molecule has 0 aliphatic heterocycles. The Morgan fingerprint density at radius 3 is 2.67 bits per heavy atom. The molecule has 0 saturated carbocycles. The van der Waals surface area contributed by atoms with Gasteiger partial charge in [-0.3, -0.25) is 0 Å². The van der Waals surface area contributed by atoms with Crippen LogP contribution in [0.1, 0.15) is 19.4 Å². The van der Waals surface area contributed by atoms with Crippen molar-refractivity contribution in [3.8, 4) is 6.07 Å². The molecule has 0 aromatic heterocycles. The lowest BCUT2D eigenvalue weighted by Crippen LogP contribution is -2.39. The molecule has 1 aromatic carbocycles. The van der Waals surface area contributed by atoms with Crippen molar-refractivity contribution in [2.75, 3.05) is 11.9 Å². The Balaban J connectivity index is 2.78. The van der Waals surface area contributed by atoms with Gasteiger partial charge in [-0.25, -0.2) is 0 Å². The van der Waals surface area contributed by atoms with Gasteiger partial charge < -0.3 is 11.1 Å². The predicted molar refractivity (Wildman–Crippen MR) is 65.6 cm³/mol. The average molecular weight is 268 g/mol. The van der Waals surface area contributed by atoms with Crippen molar-refractivity contribution in [1.82, 2.24) is 0 Å². The topological polar surface area (TPSA) is 61.8 Å². The average Bonchev–Trinajstić information content (AvgIpc) is 2.13. The van der Waals surface area contributed by atoms with Crippen LogP contribution >= 0.6 is 15.9 Å². The van der Waals surface area contributed by atoms with Crippen LogP contribution in [0.5, 0.6) is 0 Å². The molecule has 0 spiro atoms. The van der Waals surface area contributed by atoms with E-state index in [0.29, 0.717) is 12.1 Å². The van der Waals surface area contributed by atoms with Gasteiger partial charge in [0.05, 0.1) is 11.6 Å². The maximum absolute atomic E-state index is 8.79. The minimum atomic E-state index is -0.269. The Hall–Kier alpha value is -1.05. The van der Waals surface area contributed by atoms with Crippen LogP contribution in [0.3, 0.4) is 0 Å². The van der Waals surface area contributed by atoms with Gasteiger partial charge in [-0.1, -0.05) is 15.9 Å². The number of nitrogens with one attached hydrogen (secondary N) is 1. The van der Waals surface area contributed by atoms with Crippen molar-refractivity contribution in [1.29, 1.82) is 5.26 Å². The fourth-order valence-electron chi connectivity index (χ4n) is 1.09. The molecule has 0 unspecified atom stereocenters. The van der Waals surface area contributed by atoms with Gasteiger partial charge in [-0.2, -0.15) is 5.26 Å². The van der Waals surface area contributed by atoms with Crippen LogP contribution in [0.4, 0.5) is 5.69 Å². The highest BCUT2D eigenvalue weighted by Crippen LogP contribution is 2.19. The van der Waals surface area contributed by atoms with Crippen molar-refractivity contribution in [2.24, 2.45) is 5.73 Å². The van der Waals surface area contributed by atoms with Crippen molar-refractivity contribution >= 4 is 21.6 Å². The van der Waals surface area contributed by atoms with Crippen LogP contribution in [0.25, 0.3) is 0 Å². The first-order chi connectivity index (χ1) is 6.90. The highest BCUT2D eigenvalue weighted by atomic mass is 79.9. The summed E-state index contributed by atoms with van der Waals surface area (Å²) in [5.74, 6) is 0. The van der Waals surface area contributed by atoms with Crippen LogP contribution in [0.2, 0.25) is 0 Å². The Bertz CT molecular complexity index is 388. The van der Waals surface area contributed by atoms with E-state index in [9.17, 15) is 0 Å². The molecular formula is C11H14BrN3. The maximum atomic E-state index is 8.79. The quantitative estimate of drug-likeness (QED) is 0.885. The standard InChI is InChI=1S/C11H14BrN3/c1-11(2,14)7-15-10-4-8(6-13)3-9(12)5-10/h3-5,15H,7,14H2,1-2H3. The summed E-state index contributed by atoms with van der Waals surface area (Å²) in [7, 11) is 0. The van der Waals surface area contributed by atoms with E-state index < -0.39 is 0 Å². The van der Waals surface area contributed by atoms with E-state index in [1.165, 1.54) is 0 Å². The second-order valence-corrected chi connectivity index (χ2v) is 5.10. The van der Waals surface area contributed by atoms with Gasteiger partial charge in [0, 0.05) is 22.2 Å². The van der Waals surface area contributed by atoms with Gasteiger partial charge in [-0.05, 0) is 32.0 Å². The molecule has 3 N–H and O–H groups in total. The summed E-state index contributed by atoms with van der Waals surface area (Å²) in [6.45, 7) is 4.56. The van der Waals surface area contributed by atoms with Crippen LogP contribution in [-0.4, -0.2) is 12.1 Å². The van der Waals surface area contributed by atoms with E-state index in [1.807, 2.05) is 19.9 Å². The third kappa shape index (κ3) is 4.32. The monoisotopic (exact) mass is 267 g/mol. The van der Waals surface area contributed by atoms with Crippen LogP contribution < -0.4 is 11.1 Å². The number of nitrogens with two attached hydrogens (primary N) is 1. The molecule has 0 heterocycles. The van der Waals surface area contributed by atoms with Gasteiger partial charge in [0.15, 0.2) is 0 Å². The fourth-order valence-corrected chi connectivity index (χ4v) is 1.58. The van der Waals surface area contributed by atoms with E-state index in [4.69, 9.17) is 11.0 Å². The molecule has 0 fully saturated rings. The van der Waals surface area contributed by atoms with Gasteiger partial charge in [0.25, 0.3) is 0 Å². The maximum Gasteiger partial charge on any atom is 0.0992 e. The number of rotatable bonds is 3. The number of anilines is 1. The third-order valence-electron chi connectivity index (χ3n) is 1.78. The lowest BCUT2D eigenvalue weighted by Gasteiger charge is -2.19. The molecule has 3 nitrogen and oxygen atoms in total. The molecule has 4 heteroatoms. The summed E-state index contributed by atoms with van der Waals surface area (Å²) < 4.78 is 0.888. The predicted octanol–water partition coefficient (Wildman–Crippen LogP) is 2.47. The Labute approximate surface area is 98.4 Å². The Kier molecular flexibility index (Phi) is 3.72. The normalized spacial score (nSPS) is 10.9. The molecule has 0 aliphatic carbocycles. The molecule has 0 bridgehead atoms. The van der Waals surface area contributed by atoms with E-state index in [0.717, 1.165) is 10.2 Å². The van der Waals surface area contributed by atoms with Gasteiger partial charge in [-0.15, -0.1) is 0 Å².